The summed E-state index contributed by atoms with van der Waals surface area (Å²) in [5.41, 5.74) is 4.47. The Labute approximate surface area is 209 Å². The number of benzene rings is 2. The van der Waals surface area contributed by atoms with E-state index in [2.05, 4.69) is 41.4 Å². The van der Waals surface area contributed by atoms with Crippen molar-refractivity contribution in [1.29, 1.82) is 0 Å². The van der Waals surface area contributed by atoms with Crippen LogP contribution >= 0.6 is 0 Å². The molecule has 2 aliphatic heterocycles. The molecule has 35 heavy (non-hydrogen) atoms. The molecule has 0 bridgehead atoms. The first-order valence-electron chi connectivity index (χ1n) is 13.3. The molecule has 0 radical (unpaired) electrons. The van der Waals surface area contributed by atoms with E-state index in [1.54, 1.807) is 4.90 Å². The van der Waals surface area contributed by atoms with Crippen LogP contribution in [0.3, 0.4) is 0 Å². The summed E-state index contributed by atoms with van der Waals surface area (Å²) in [4.78, 5) is 17.3. The molecule has 2 N–H and O–H groups in total. The number of ether oxygens (including phenoxy) is 1. The van der Waals surface area contributed by atoms with Crippen LogP contribution in [-0.2, 0) is 19.5 Å². The maximum atomic E-state index is 13.3. The molecule has 0 spiro atoms. The Bertz CT molecular complexity index is 1030. The molecule has 2 heterocycles. The van der Waals surface area contributed by atoms with E-state index in [0.29, 0.717) is 37.6 Å². The molecule has 0 aromatic heterocycles. The summed E-state index contributed by atoms with van der Waals surface area (Å²) in [6, 6.07) is 14.4. The quantitative estimate of drug-likeness (QED) is 0.610. The second-order valence-corrected chi connectivity index (χ2v) is 10.6. The van der Waals surface area contributed by atoms with E-state index in [0.717, 1.165) is 50.0 Å². The van der Waals surface area contributed by atoms with Crippen LogP contribution in [0.1, 0.15) is 53.2 Å². The molecule has 3 unspecified atom stereocenters. The van der Waals surface area contributed by atoms with E-state index in [9.17, 15) is 9.90 Å². The van der Waals surface area contributed by atoms with Crippen molar-refractivity contribution in [2.75, 3.05) is 39.3 Å². The molecule has 5 rings (SSSR count). The normalized spacial score (nSPS) is 23.4. The molecular formula is C29H39N3O3. The largest absolute Gasteiger partial charge is 0.491 e. The fourth-order valence-electron chi connectivity index (χ4n) is 5.93. The van der Waals surface area contributed by atoms with Gasteiger partial charge in [0, 0.05) is 32.7 Å². The van der Waals surface area contributed by atoms with Gasteiger partial charge in [0.2, 0.25) is 0 Å². The Morgan fingerprint density at radius 1 is 1.11 bits per heavy atom. The Morgan fingerprint density at radius 3 is 2.80 bits per heavy atom. The molecule has 3 atom stereocenters. The smallest absolute Gasteiger partial charge is 0.257 e. The average molecular weight is 478 g/mol. The van der Waals surface area contributed by atoms with Gasteiger partial charge in [-0.15, -0.1) is 0 Å². The summed E-state index contributed by atoms with van der Waals surface area (Å²) in [5, 5.41) is 14.4. The molecule has 3 aliphatic rings. The van der Waals surface area contributed by atoms with Crippen molar-refractivity contribution in [2.45, 2.75) is 51.8 Å². The number of aliphatic hydroxyl groups excluding tert-OH is 1. The molecule has 2 aromatic rings. The summed E-state index contributed by atoms with van der Waals surface area (Å²) in [6.45, 7) is 7.80. The van der Waals surface area contributed by atoms with Crippen molar-refractivity contribution in [3.05, 3.63) is 64.7 Å². The number of nitrogens with zero attached hydrogens (tertiary/aromatic N) is 2. The molecule has 6 nitrogen and oxygen atoms in total. The van der Waals surface area contributed by atoms with Crippen LogP contribution in [0.15, 0.2) is 42.5 Å². The predicted octanol–water partition coefficient (Wildman–Crippen LogP) is 3.47. The number of carbonyl (C=O) groups excluding carboxylic acids is 1. The number of fused-ring (bicyclic) bond motifs is 2. The van der Waals surface area contributed by atoms with Crippen molar-refractivity contribution in [2.24, 2.45) is 11.8 Å². The van der Waals surface area contributed by atoms with Crippen LogP contribution in [0.2, 0.25) is 0 Å². The minimum absolute atomic E-state index is 0.0557. The van der Waals surface area contributed by atoms with Crippen molar-refractivity contribution < 1.29 is 14.6 Å². The van der Waals surface area contributed by atoms with Crippen LogP contribution in [0.4, 0.5) is 0 Å². The lowest BCUT2D eigenvalue weighted by molar-refractivity contribution is 0.0501. The highest BCUT2D eigenvalue weighted by molar-refractivity contribution is 5.97. The standard InChI is InChI=1S/C29H39N3O3/c1-21-5-4-8-24(21)17-30-16-22-9-10-27-28(15-22)35-14-13-32(29(27)34)20-26(33)19-31-12-11-23-6-2-3-7-25(23)18-31/h2-3,6-7,9-10,15,21,24,26,30,33H,4-5,8,11-14,16-20H2,1H3. The van der Waals surface area contributed by atoms with Gasteiger partial charge in [-0.2, -0.15) is 0 Å². The Morgan fingerprint density at radius 2 is 1.97 bits per heavy atom. The fraction of sp³-hybridized carbons (Fsp3) is 0.552. The molecule has 1 saturated carbocycles. The summed E-state index contributed by atoms with van der Waals surface area (Å²) in [7, 11) is 0. The Kier molecular flexibility index (Phi) is 7.71. The van der Waals surface area contributed by atoms with Crippen LogP contribution in [0, 0.1) is 11.8 Å². The lowest BCUT2D eigenvalue weighted by Crippen LogP contribution is -2.44. The van der Waals surface area contributed by atoms with Crippen LogP contribution in [0.5, 0.6) is 5.75 Å². The number of aliphatic hydroxyl groups is 1. The SMILES string of the molecule is CC1CCCC1CNCc1ccc2c(c1)OCCN(CC(O)CN1CCc3ccccc3C1)C2=O. The summed E-state index contributed by atoms with van der Waals surface area (Å²) >= 11 is 0. The third-order valence-corrected chi connectivity index (χ3v) is 8.07. The summed E-state index contributed by atoms with van der Waals surface area (Å²) < 4.78 is 5.97. The van der Waals surface area contributed by atoms with E-state index >= 15 is 0 Å². The number of hydrogen-bond acceptors (Lipinski definition) is 5. The average Bonchev–Trinajstić information content (AvgIpc) is 3.20. The Balaban J connectivity index is 1.15. The second kappa shape index (κ2) is 11.1. The molecule has 0 saturated heterocycles. The lowest BCUT2D eigenvalue weighted by atomic mass is 9.98. The van der Waals surface area contributed by atoms with E-state index in [1.165, 1.54) is 30.4 Å². The van der Waals surface area contributed by atoms with Gasteiger partial charge in [0.15, 0.2) is 0 Å². The maximum absolute atomic E-state index is 13.3. The van der Waals surface area contributed by atoms with Gasteiger partial charge in [-0.25, -0.2) is 0 Å². The minimum atomic E-state index is -0.591. The van der Waals surface area contributed by atoms with Crippen LogP contribution < -0.4 is 10.1 Å². The lowest BCUT2D eigenvalue weighted by Gasteiger charge is -2.32. The highest BCUT2D eigenvalue weighted by Gasteiger charge is 2.27. The van der Waals surface area contributed by atoms with Gasteiger partial charge >= 0.3 is 0 Å². The highest BCUT2D eigenvalue weighted by Crippen LogP contribution is 2.30. The number of nitrogens with one attached hydrogen (secondary N) is 1. The van der Waals surface area contributed by atoms with Crippen molar-refractivity contribution in [3.63, 3.8) is 0 Å². The molecule has 6 heteroatoms. The van der Waals surface area contributed by atoms with Gasteiger partial charge < -0.3 is 20.1 Å². The number of rotatable bonds is 8. The highest BCUT2D eigenvalue weighted by atomic mass is 16.5. The van der Waals surface area contributed by atoms with Crippen LogP contribution in [0.25, 0.3) is 0 Å². The van der Waals surface area contributed by atoms with E-state index in [4.69, 9.17) is 4.74 Å². The monoisotopic (exact) mass is 477 g/mol. The molecular weight excluding hydrogens is 438 g/mol. The van der Waals surface area contributed by atoms with Crippen molar-refractivity contribution >= 4 is 5.91 Å². The maximum Gasteiger partial charge on any atom is 0.257 e. The second-order valence-electron chi connectivity index (χ2n) is 10.6. The van der Waals surface area contributed by atoms with Gasteiger partial charge in [-0.05, 0) is 60.0 Å². The summed E-state index contributed by atoms with van der Waals surface area (Å²) in [6.07, 6.45) is 4.43. The molecule has 188 valence electrons. The molecule has 2 aromatic carbocycles. The number of β-amino-alcohol motifs (C(OH)–C–C–N with tert-alkyl or cyclic N) is 1. The van der Waals surface area contributed by atoms with Gasteiger partial charge in [0.25, 0.3) is 5.91 Å². The van der Waals surface area contributed by atoms with Gasteiger partial charge in [-0.3, -0.25) is 9.69 Å². The minimum Gasteiger partial charge on any atom is -0.491 e. The zero-order valence-electron chi connectivity index (χ0n) is 20.9. The first-order chi connectivity index (χ1) is 17.1. The van der Waals surface area contributed by atoms with Crippen LogP contribution in [-0.4, -0.2) is 66.2 Å². The van der Waals surface area contributed by atoms with E-state index < -0.39 is 6.10 Å². The van der Waals surface area contributed by atoms with Gasteiger partial charge in [-0.1, -0.05) is 50.1 Å². The van der Waals surface area contributed by atoms with E-state index in [1.807, 2.05) is 18.2 Å². The number of amides is 1. The molecule has 1 amide bonds. The first-order valence-corrected chi connectivity index (χ1v) is 13.3. The molecule has 1 aliphatic carbocycles. The van der Waals surface area contributed by atoms with Crippen molar-refractivity contribution in [3.8, 4) is 5.75 Å². The number of carbonyl (C=O) groups is 1. The first kappa shape index (κ1) is 24.3. The van der Waals surface area contributed by atoms with Gasteiger partial charge in [0.05, 0.1) is 18.2 Å². The third-order valence-electron chi connectivity index (χ3n) is 8.07. The fourth-order valence-corrected chi connectivity index (χ4v) is 5.93. The Hall–Kier alpha value is -2.41. The zero-order chi connectivity index (χ0) is 24.2. The van der Waals surface area contributed by atoms with Gasteiger partial charge in [0.1, 0.15) is 12.4 Å². The van der Waals surface area contributed by atoms with E-state index in [-0.39, 0.29) is 5.91 Å². The molecule has 1 fully saturated rings. The number of hydrogen-bond donors (Lipinski definition) is 2. The van der Waals surface area contributed by atoms with Crippen molar-refractivity contribution in [1.82, 2.24) is 15.1 Å². The summed E-state index contributed by atoms with van der Waals surface area (Å²) in [5.74, 6) is 2.18. The predicted molar refractivity (Wildman–Crippen MR) is 137 cm³/mol. The topological polar surface area (TPSA) is 65.0 Å². The third kappa shape index (κ3) is 5.88. The zero-order valence-corrected chi connectivity index (χ0v) is 20.9.